The normalized spacial score (nSPS) is 12.3. The molecular weight excluding hydrogens is 348 g/mol. The van der Waals surface area contributed by atoms with Crippen molar-refractivity contribution in [2.24, 2.45) is 10.9 Å². The summed E-state index contributed by atoms with van der Waals surface area (Å²) in [5.74, 6) is -2.95. The lowest BCUT2D eigenvalue weighted by atomic mass is 10.1. The Balaban J connectivity index is 2.35. The van der Waals surface area contributed by atoms with Gasteiger partial charge in [-0.3, -0.25) is 14.6 Å². The summed E-state index contributed by atoms with van der Waals surface area (Å²) in [6.07, 6.45) is 5.50. The first-order valence-electron chi connectivity index (χ1n) is 8.66. The predicted molar refractivity (Wildman–Crippen MR) is 99.8 cm³/mol. The van der Waals surface area contributed by atoms with E-state index in [1.54, 1.807) is 44.4 Å². The zero-order chi connectivity index (χ0) is 19.8. The molecule has 0 amide bonds. The van der Waals surface area contributed by atoms with Gasteiger partial charge >= 0.3 is 11.9 Å². The van der Waals surface area contributed by atoms with Gasteiger partial charge < -0.3 is 9.84 Å². The van der Waals surface area contributed by atoms with Crippen molar-refractivity contribution in [2.75, 3.05) is 0 Å². The van der Waals surface area contributed by atoms with Crippen molar-refractivity contribution < 1.29 is 19.4 Å². The van der Waals surface area contributed by atoms with Crippen LogP contribution < -0.4 is 0 Å². The molecule has 0 saturated carbocycles. The van der Waals surface area contributed by atoms with E-state index in [1.165, 1.54) is 0 Å². The van der Waals surface area contributed by atoms with E-state index in [0.717, 1.165) is 30.3 Å². The van der Waals surface area contributed by atoms with Gasteiger partial charge in [0.2, 0.25) is 0 Å². The number of carbonyl (C=O) groups excluding carboxylic acids is 1. The molecule has 8 nitrogen and oxygen atoms in total. The molecule has 2 rings (SSSR count). The van der Waals surface area contributed by atoms with E-state index in [9.17, 15) is 14.7 Å². The summed E-state index contributed by atoms with van der Waals surface area (Å²) in [5.41, 5.74) is 1.55. The van der Waals surface area contributed by atoms with Crippen molar-refractivity contribution in [2.45, 2.75) is 39.7 Å². The fourth-order valence-electron chi connectivity index (χ4n) is 2.25. The minimum Gasteiger partial charge on any atom is -0.480 e. The largest absolute Gasteiger partial charge is 0.480 e. The number of aliphatic carboxylic acids is 1. The van der Waals surface area contributed by atoms with Crippen LogP contribution in [0.5, 0.6) is 0 Å². The van der Waals surface area contributed by atoms with E-state index in [0.29, 0.717) is 5.82 Å². The fraction of sp³-hybridized carbons (Fsp3) is 0.368. The fourth-order valence-corrected chi connectivity index (χ4v) is 2.25. The summed E-state index contributed by atoms with van der Waals surface area (Å²) in [7, 11) is 0. The molecule has 8 heteroatoms. The standard InChI is InChI=1S/C19H22N4O4/c1-4-5-14-10-16(23-17(22-14)13-6-8-20-9-7-13)21-11-15(18(24)25)19(26)27-12(2)3/h6-12,15H,4-5H2,1-3H3,(H,24,25). The number of carboxylic acid groups (broad SMARTS) is 1. The lowest BCUT2D eigenvalue weighted by molar-refractivity contribution is -0.157. The summed E-state index contributed by atoms with van der Waals surface area (Å²) in [4.78, 5) is 40.3. The van der Waals surface area contributed by atoms with Crippen LogP contribution in [0.2, 0.25) is 0 Å². The van der Waals surface area contributed by atoms with Gasteiger partial charge in [-0.25, -0.2) is 15.0 Å². The number of carboxylic acids is 1. The van der Waals surface area contributed by atoms with Gasteiger partial charge in [0.05, 0.1) is 6.10 Å². The van der Waals surface area contributed by atoms with E-state index < -0.39 is 24.0 Å². The molecule has 0 fully saturated rings. The number of esters is 1. The molecule has 1 N–H and O–H groups in total. The zero-order valence-electron chi connectivity index (χ0n) is 15.5. The second-order valence-corrected chi connectivity index (χ2v) is 6.11. The van der Waals surface area contributed by atoms with Crippen LogP contribution in [0.1, 0.15) is 32.9 Å². The highest BCUT2D eigenvalue weighted by Crippen LogP contribution is 2.20. The van der Waals surface area contributed by atoms with E-state index in [2.05, 4.69) is 19.9 Å². The van der Waals surface area contributed by atoms with Crippen LogP contribution in [-0.2, 0) is 20.7 Å². The number of rotatable bonds is 8. The molecular formula is C19H22N4O4. The Hall–Kier alpha value is -3.16. The monoisotopic (exact) mass is 370 g/mol. The summed E-state index contributed by atoms with van der Waals surface area (Å²) < 4.78 is 4.97. The van der Waals surface area contributed by atoms with Crippen LogP contribution in [0.25, 0.3) is 11.4 Å². The molecule has 0 saturated heterocycles. The van der Waals surface area contributed by atoms with Crippen molar-refractivity contribution in [3.05, 3.63) is 36.3 Å². The Kier molecular flexibility index (Phi) is 7.10. The van der Waals surface area contributed by atoms with Gasteiger partial charge in [0.25, 0.3) is 0 Å². The third-order valence-corrected chi connectivity index (χ3v) is 3.44. The lowest BCUT2D eigenvalue weighted by Crippen LogP contribution is -2.29. The van der Waals surface area contributed by atoms with Crippen LogP contribution in [0.15, 0.2) is 35.6 Å². The summed E-state index contributed by atoms with van der Waals surface area (Å²) in [6.45, 7) is 5.33. The van der Waals surface area contributed by atoms with E-state index >= 15 is 0 Å². The molecule has 1 atom stereocenters. The average molecular weight is 370 g/mol. The Morgan fingerprint density at radius 3 is 2.56 bits per heavy atom. The molecule has 0 spiro atoms. The van der Waals surface area contributed by atoms with Gasteiger partial charge in [-0.2, -0.15) is 0 Å². The number of aryl methyl sites for hydroxylation is 1. The van der Waals surface area contributed by atoms with Gasteiger partial charge in [0, 0.05) is 35.9 Å². The molecule has 2 heterocycles. The van der Waals surface area contributed by atoms with Gasteiger partial charge in [0.1, 0.15) is 0 Å². The highest BCUT2D eigenvalue weighted by atomic mass is 16.5. The van der Waals surface area contributed by atoms with Crippen LogP contribution in [0.4, 0.5) is 5.82 Å². The molecule has 2 aromatic rings. The SMILES string of the molecule is CCCc1cc(N=CC(C(=O)O)C(=O)OC(C)C)nc(-c2ccncc2)n1. The van der Waals surface area contributed by atoms with Gasteiger partial charge in [-0.15, -0.1) is 0 Å². The van der Waals surface area contributed by atoms with Gasteiger partial charge in [-0.05, 0) is 32.4 Å². The highest BCUT2D eigenvalue weighted by molar-refractivity contribution is 6.08. The molecule has 2 aromatic heterocycles. The number of ether oxygens (including phenoxy) is 1. The zero-order valence-corrected chi connectivity index (χ0v) is 15.5. The quantitative estimate of drug-likeness (QED) is 0.431. The van der Waals surface area contributed by atoms with Crippen molar-refractivity contribution in [1.29, 1.82) is 0 Å². The minimum absolute atomic E-state index is 0.281. The van der Waals surface area contributed by atoms with E-state index in [4.69, 9.17) is 4.74 Å². The van der Waals surface area contributed by atoms with Crippen molar-refractivity contribution >= 4 is 24.0 Å². The van der Waals surface area contributed by atoms with Gasteiger partial charge in [-0.1, -0.05) is 13.3 Å². The van der Waals surface area contributed by atoms with E-state index in [-0.39, 0.29) is 5.82 Å². The maximum atomic E-state index is 11.9. The Morgan fingerprint density at radius 1 is 1.26 bits per heavy atom. The van der Waals surface area contributed by atoms with Crippen LogP contribution in [-0.4, -0.2) is 44.3 Å². The number of carbonyl (C=O) groups is 2. The molecule has 142 valence electrons. The predicted octanol–water partition coefficient (Wildman–Crippen LogP) is 2.85. The summed E-state index contributed by atoms with van der Waals surface area (Å²) in [6, 6.07) is 5.23. The minimum atomic E-state index is -1.50. The molecule has 27 heavy (non-hydrogen) atoms. The third-order valence-electron chi connectivity index (χ3n) is 3.44. The van der Waals surface area contributed by atoms with Crippen molar-refractivity contribution in [3.8, 4) is 11.4 Å². The number of hydrogen-bond donors (Lipinski definition) is 1. The molecule has 0 bridgehead atoms. The number of aromatic nitrogens is 3. The first-order chi connectivity index (χ1) is 12.9. The number of aliphatic imine (C=N–C) groups is 1. The molecule has 0 aliphatic rings. The van der Waals surface area contributed by atoms with Crippen LogP contribution >= 0.6 is 0 Å². The first kappa shape index (κ1) is 20.2. The second kappa shape index (κ2) is 9.51. The van der Waals surface area contributed by atoms with Crippen LogP contribution in [0, 0.1) is 5.92 Å². The molecule has 1 unspecified atom stereocenters. The Morgan fingerprint density at radius 2 is 1.96 bits per heavy atom. The molecule has 0 radical (unpaired) electrons. The molecule has 0 aliphatic carbocycles. The number of hydrogen-bond acceptors (Lipinski definition) is 7. The smallest absolute Gasteiger partial charge is 0.326 e. The van der Waals surface area contributed by atoms with Gasteiger partial charge in [0.15, 0.2) is 17.6 Å². The topological polar surface area (TPSA) is 115 Å². The molecule has 0 aromatic carbocycles. The second-order valence-electron chi connectivity index (χ2n) is 6.11. The molecule has 0 aliphatic heterocycles. The maximum Gasteiger partial charge on any atom is 0.326 e. The van der Waals surface area contributed by atoms with E-state index in [1.807, 2.05) is 6.92 Å². The summed E-state index contributed by atoms with van der Waals surface area (Å²) >= 11 is 0. The van der Waals surface area contributed by atoms with Crippen LogP contribution in [0.3, 0.4) is 0 Å². The Labute approximate surface area is 157 Å². The number of pyridine rings is 1. The highest BCUT2D eigenvalue weighted by Gasteiger charge is 2.26. The lowest BCUT2D eigenvalue weighted by Gasteiger charge is -2.11. The maximum absolute atomic E-state index is 11.9. The third kappa shape index (κ3) is 5.95. The average Bonchev–Trinajstić information content (AvgIpc) is 2.62. The first-order valence-corrected chi connectivity index (χ1v) is 8.66. The van der Waals surface area contributed by atoms with Crippen molar-refractivity contribution in [3.63, 3.8) is 0 Å². The summed E-state index contributed by atoms with van der Waals surface area (Å²) in [5, 5.41) is 9.27. The number of nitrogens with zero attached hydrogens (tertiary/aromatic N) is 4. The van der Waals surface area contributed by atoms with Crippen molar-refractivity contribution in [1.82, 2.24) is 15.0 Å². The Bertz CT molecular complexity index is 822.